The first-order chi connectivity index (χ1) is 20.4. The van der Waals surface area contributed by atoms with Gasteiger partial charge < -0.3 is 25.4 Å². The van der Waals surface area contributed by atoms with Crippen LogP contribution in [0.5, 0.6) is 0 Å². The van der Waals surface area contributed by atoms with Gasteiger partial charge in [0.25, 0.3) is 0 Å². The molecule has 10 nitrogen and oxygen atoms in total. The maximum absolute atomic E-state index is 14.7. The quantitative estimate of drug-likeness (QED) is 0.467. The zero-order valence-electron chi connectivity index (χ0n) is 23.8. The standard InChI is InChI=1S/C31H36FN3O7S/c32-30-9-12-31(13-10-30,14-11-30)42-29(39)21-5-8-26-25(16-21)35(27(36)24(33)19-43(26,40)41)17-20-3-6-23(7-4-20)34-15-1-2-22(18-34)28(37)38/h3-8,16,22,24H,1-2,9-15,17-19,33H2,(H,37,38)/t22-,24+,30?,31?/m1/s1. The maximum Gasteiger partial charge on any atom is 0.338 e. The summed E-state index contributed by atoms with van der Waals surface area (Å²) in [6, 6.07) is 10.1. The smallest absolute Gasteiger partial charge is 0.338 e. The van der Waals surface area contributed by atoms with Crippen molar-refractivity contribution >= 4 is 39.1 Å². The van der Waals surface area contributed by atoms with Crippen molar-refractivity contribution in [1.29, 1.82) is 0 Å². The zero-order valence-corrected chi connectivity index (χ0v) is 24.7. The van der Waals surface area contributed by atoms with Gasteiger partial charge in [-0.15, -0.1) is 0 Å². The molecule has 3 N–H and O–H groups in total. The molecule has 0 aromatic heterocycles. The number of benzene rings is 2. The SMILES string of the molecule is N[C@H]1CS(=O)(=O)c2ccc(C(=O)OC34CCC(F)(CC3)CC4)cc2N(Cc2ccc(N3CCC[C@@H](C(=O)O)C3)cc2)C1=O. The lowest BCUT2D eigenvalue weighted by molar-refractivity contribution is -0.142. The molecule has 3 saturated carbocycles. The first-order valence-corrected chi connectivity index (χ1v) is 16.5. The molecule has 0 unspecified atom stereocenters. The molecule has 12 heteroatoms. The van der Waals surface area contributed by atoms with Crippen molar-refractivity contribution in [2.45, 2.75) is 80.1 Å². The van der Waals surface area contributed by atoms with Crippen molar-refractivity contribution in [2.24, 2.45) is 11.7 Å². The summed E-state index contributed by atoms with van der Waals surface area (Å²) in [6.07, 6.45) is 3.78. The molecule has 230 valence electrons. The summed E-state index contributed by atoms with van der Waals surface area (Å²) >= 11 is 0. The van der Waals surface area contributed by atoms with Crippen LogP contribution >= 0.6 is 0 Å². The monoisotopic (exact) mass is 613 g/mol. The number of fused-ring (bicyclic) bond motifs is 4. The average Bonchev–Trinajstić information content (AvgIpc) is 3.06. The van der Waals surface area contributed by atoms with Gasteiger partial charge in [-0.1, -0.05) is 12.1 Å². The van der Waals surface area contributed by atoms with Crippen LogP contribution < -0.4 is 15.5 Å². The summed E-state index contributed by atoms with van der Waals surface area (Å²) in [6.45, 7) is 1.16. The predicted octanol–water partition coefficient (Wildman–Crippen LogP) is 3.61. The Kier molecular flexibility index (Phi) is 7.48. The van der Waals surface area contributed by atoms with E-state index in [0.29, 0.717) is 57.1 Å². The first-order valence-electron chi connectivity index (χ1n) is 14.8. The fraction of sp³-hybridized carbons (Fsp3) is 0.516. The van der Waals surface area contributed by atoms with Crippen LogP contribution in [0.25, 0.3) is 0 Å². The number of anilines is 2. The number of rotatable bonds is 6. The summed E-state index contributed by atoms with van der Waals surface area (Å²) in [4.78, 5) is 41.5. The molecule has 2 atom stereocenters. The lowest BCUT2D eigenvalue weighted by atomic mass is 9.66. The van der Waals surface area contributed by atoms with Crippen molar-refractivity contribution in [2.75, 3.05) is 28.6 Å². The zero-order chi connectivity index (χ0) is 30.6. The summed E-state index contributed by atoms with van der Waals surface area (Å²) in [5.74, 6) is -3.04. The molecule has 2 heterocycles. The number of hydrogen-bond donors (Lipinski definition) is 2. The van der Waals surface area contributed by atoms with Gasteiger partial charge >= 0.3 is 11.9 Å². The Balaban J connectivity index is 1.27. The normalized spacial score (nSPS) is 30.0. The van der Waals surface area contributed by atoms with Crippen LogP contribution in [-0.4, -0.2) is 67.5 Å². The topological polar surface area (TPSA) is 147 Å². The van der Waals surface area contributed by atoms with Crippen molar-refractivity contribution in [3.05, 3.63) is 53.6 Å². The minimum atomic E-state index is -3.94. The summed E-state index contributed by atoms with van der Waals surface area (Å²) < 4.78 is 47.0. The van der Waals surface area contributed by atoms with Crippen LogP contribution in [0.3, 0.4) is 0 Å². The summed E-state index contributed by atoms with van der Waals surface area (Å²) in [7, 11) is -3.94. The van der Waals surface area contributed by atoms with Crippen molar-refractivity contribution < 1.29 is 37.0 Å². The number of carbonyl (C=O) groups is 3. The summed E-state index contributed by atoms with van der Waals surface area (Å²) in [5, 5.41) is 9.43. The minimum absolute atomic E-state index is 0.00804. The number of halogens is 1. The van der Waals surface area contributed by atoms with Crippen LogP contribution in [0, 0.1) is 5.92 Å². The van der Waals surface area contributed by atoms with Crippen LogP contribution in [0.15, 0.2) is 47.4 Å². The Morgan fingerprint density at radius 2 is 1.72 bits per heavy atom. The third kappa shape index (κ3) is 5.74. The second-order valence-corrected chi connectivity index (χ2v) is 14.5. The Bertz CT molecular complexity index is 1540. The number of sulfone groups is 1. The molecule has 0 spiro atoms. The molecular weight excluding hydrogens is 577 g/mol. The van der Waals surface area contributed by atoms with Gasteiger partial charge in [0.15, 0.2) is 9.84 Å². The van der Waals surface area contributed by atoms with E-state index in [1.807, 2.05) is 29.2 Å². The molecule has 43 heavy (non-hydrogen) atoms. The number of carbonyl (C=O) groups excluding carboxylic acids is 2. The number of nitrogens with two attached hydrogens (primary N) is 1. The second-order valence-electron chi connectivity index (χ2n) is 12.5. The first kappa shape index (κ1) is 29.6. The largest absolute Gasteiger partial charge is 0.481 e. The summed E-state index contributed by atoms with van der Waals surface area (Å²) in [5.41, 5.74) is 5.87. The van der Waals surface area contributed by atoms with Crippen LogP contribution in [0.4, 0.5) is 15.8 Å². The Morgan fingerprint density at radius 3 is 2.37 bits per heavy atom. The van der Waals surface area contributed by atoms with Crippen LogP contribution in [-0.2, 0) is 30.7 Å². The van der Waals surface area contributed by atoms with Gasteiger partial charge in [0.05, 0.1) is 40.4 Å². The van der Waals surface area contributed by atoms with E-state index in [9.17, 15) is 32.3 Å². The number of ether oxygens (including phenoxy) is 1. The fourth-order valence-electron chi connectivity index (χ4n) is 6.92. The number of amides is 1. The number of hydrogen-bond acceptors (Lipinski definition) is 8. The third-order valence-corrected chi connectivity index (χ3v) is 11.4. The number of piperidine rings is 1. The van der Waals surface area contributed by atoms with Gasteiger partial charge in [0.2, 0.25) is 5.91 Å². The van der Waals surface area contributed by atoms with E-state index >= 15 is 0 Å². The van der Waals surface area contributed by atoms with E-state index in [1.54, 1.807) is 0 Å². The fourth-order valence-corrected chi connectivity index (χ4v) is 8.48. The van der Waals surface area contributed by atoms with Crippen molar-refractivity contribution in [1.82, 2.24) is 0 Å². The number of alkyl halides is 1. The van der Waals surface area contributed by atoms with E-state index in [2.05, 4.69) is 0 Å². The predicted molar refractivity (Wildman–Crippen MR) is 156 cm³/mol. The van der Waals surface area contributed by atoms with Crippen LogP contribution in [0.1, 0.15) is 67.3 Å². The average molecular weight is 614 g/mol. The molecule has 2 bridgehead atoms. The Hall–Kier alpha value is -3.51. The molecule has 1 amide bonds. The molecule has 4 fully saturated rings. The van der Waals surface area contributed by atoms with Gasteiger partial charge in [0.1, 0.15) is 11.3 Å². The highest BCUT2D eigenvalue weighted by Crippen LogP contribution is 2.51. The lowest BCUT2D eigenvalue weighted by Gasteiger charge is -2.48. The lowest BCUT2D eigenvalue weighted by Crippen LogP contribution is -2.50. The number of carboxylic acid groups (broad SMARTS) is 1. The second kappa shape index (κ2) is 10.9. The molecule has 0 radical (unpaired) electrons. The van der Waals surface area contributed by atoms with Crippen molar-refractivity contribution in [3.63, 3.8) is 0 Å². The minimum Gasteiger partial charge on any atom is -0.481 e. The van der Waals surface area contributed by atoms with Gasteiger partial charge in [-0.3, -0.25) is 9.59 Å². The molecule has 2 aromatic rings. The van der Waals surface area contributed by atoms with Crippen LogP contribution in [0.2, 0.25) is 0 Å². The van der Waals surface area contributed by atoms with E-state index in [1.165, 1.54) is 23.1 Å². The van der Waals surface area contributed by atoms with Gasteiger partial charge in [-0.2, -0.15) is 0 Å². The van der Waals surface area contributed by atoms with Gasteiger partial charge in [0, 0.05) is 18.8 Å². The van der Waals surface area contributed by atoms with E-state index in [0.717, 1.165) is 18.7 Å². The third-order valence-electron chi connectivity index (χ3n) is 9.61. The molecule has 1 saturated heterocycles. The number of esters is 1. The van der Waals surface area contributed by atoms with Gasteiger partial charge in [-0.05, 0) is 87.3 Å². The number of carboxylic acids is 1. The molecule has 3 aliphatic carbocycles. The van der Waals surface area contributed by atoms with Gasteiger partial charge in [-0.25, -0.2) is 17.6 Å². The highest BCUT2D eigenvalue weighted by Gasteiger charge is 2.51. The van der Waals surface area contributed by atoms with Crippen molar-refractivity contribution in [3.8, 4) is 0 Å². The molecule has 7 rings (SSSR count). The highest BCUT2D eigenvalue weighted by molar-refractivity contribution is 7.91. The molecule has 5 aliphatic rings. The van der Waals surface area contributed by atoms with E-state index < -0.39 is 56.7 Å². The van der Waals surface area contributed by atoms with E-state index in [4.69, 9.17) is 10.5 Å². The molecular formula is C31H36FN3O7S. The highest BCUT2D eigenvalue weighted by atomic mass is 32.2. The van der Waals surface area contributed by atoms with E-state index in [-0.39, 0.29) is 22.7 Å². The maximum atomic E-state index is 14.7. The molecule has 2 aromatic carbocycles. The Morgan fingerprint density at radius 1 is 1.05 bits per heavy atom. The number of nitrogens with zero attached hydrogens (tertiary/aromatic N) is 2. The molecule has 2 aliphatic heterocycles. The number of aliphatic carboxylic acids is 1. The Labute approximate surface area is 249 Å².